The van der Waals surface area contributed by atoms with Gasteiger partial charge in [0.2, 0.25) is 0 Å². The van der Waals surface area contributed by atoms with E-state index < -0.39 is 11.6 Å². The molecule has 1 aromatic carbocycles. The van der Waals surface area contributed by atoms with E-state index >= 15 is 0 Å². The molecule has 1 nitrogen and oxygen atoms in total. The Morgan fingerprint density at radius 2 is 2.12 bits per heavy atom. The topological polar surface area (TPSA) is 12.0 Å². The molecule has 0 amide bonds. The van der Waals surface area contributed by atoms with E-state index in [1.807, 2.05) is 7.05 Å². The Morgan fingerprint density at radius 1 is 1.35 bits per heavy atom. The van der Waals surface area contributed by atoms with E-state index in [0.717, 1.165) is 19.3 Å². The van der Waals surface area contributed by atoms with E-state index in [2.05, 4.69) is 21.2 Å². The minimum atomic E-state index is -0.446. The van der Waals surface area contributed by atoms with Gasteiger partial charge in [0.05, 0.1) is 4.47 Å². The van der Waals surface area contributed by atoms with Gasteiger partial charge in [-0.2, -0.15) is 0 Å². The van der Waals surface area contributed by atoms with Gasteiger partial charge in [-0.1, -0.05) is 0 Å². The lowest BCUT2D eigenvalue weighted by atomic mass is 9.97. The lowest BCUT2D eigenvalue weighted by Crippen LogP contribution is -2.21. The zero-order valence-corrected chi connectivity index (χ0v) is 11.4. The van der Waals surface area contributed by atoms with Crippen LogP contribution in [0, 0.1) is 17.6 Å². The van der Waals surface area contributed by atoms with E-state index in [-0.39, 0.29) is 5.56 Å². The highest BCUT2D eigenvalue weighted by Gasteiger charge is 2.25. The molecule has 17 heavy (non-hydrogen) atoms. The van der Waals surface area contributed by atoms with E-state index in [0.29, 0.717) is 22.9 Å². The number of nitrogens with one attached hydrogen (secondary N) is 1. The molecule has 1 saturated carbocycles. The van der Waals surface area contributed by atoms with Gasteiger partial charge in [0, 0.05) is 11.6 Å². The van der Waals surface area contributed by atoms with Crippen LogP contribution >= 0.6 is 15.9 Å². The largest absolute Gasteiger partial charge is 0.317 e. The summed E-state index contributed by atoms with van der Waals surface area (Å²) in [6.07, 6.45) is 3.63. The summed E-state index contributed by atoms with van der Waals surface area (Å²) in [7, 11) is 1.94. The maximum atomic E-state index is 13.8. The fourth-order valence-electron chi connectivity index (χ4n) is 2.57. The van der Waals surface area contributed by atoms with Crippen LogP contribution in [0.1, 0.15) is 24.8 Å². The Balaban J connectivity index is 2.11. The lowest BCUT2D eigenvalue weighted by Gasteiger charge is -2.12. The molecule has 0 spiro atoms. The Hall–Kier alpha value is -0.480. The van der Waals surface area contributed by atoms with Crippen molar-refractivity contribution in [3.63, 3.8) is 0 Å². The van der Waals surface area contributed by atoms with Gasteiger partial charge in [-0.25, -0.2) is 8.78 Å². The van der Waals surface area contributed by atoms with Crippen LogP contribution in [0.25, 0.3) is 0 Å². The highest BCUT2D eigenvalue weighted by Crippen LogP contribution is 2.31. The fraction of sp³-hybridized carbons (Fsp3) is 0.538. The molecule has 0 heterocycles. The smallest absolute Gasteiger partial charge is 0.143 e. The van der Waals surface area contributed by atoms with Crippen molar-refractivity contribution < 1.29 is 8.78 Å². The molecule has 4 heteroatoms. The minimum Gasteiger partial charge on any atom is -0.317 e. The van der Waals surface area contributed by atoms with Crippen molar-refractivity contribution in [1.29, 1.82) is 0 Å². The normalized spacial score (nSPS) is 24.2. The Morgan fingerprint density at radius 3 is 2.76 bits per heavy atom. The Kier molecular flexibility index (Phi) is 4.15. The van der Waals surface area contributed by atoms with Crippen molar-refractivity contribution in [1.82, 2.24) is 5.32 Å². The summed E-state index contributed by atoms with van der Waals surface area (Å²) in [6.45, 7) is 0. The first-order valence-electron chi connectivity index (χ1n) is 5.91. The van der Waals surface area contributed by atoms with Gasteiger partial charge in [-0.3, -0.25) is 0 Å². The van der Waals surface area contributed by atoms with Crippen LogP contribution < -0.4 is 5.32 Å². The quantitative estimate of drug-likeness (QED) is 0.840. The van der Waals surface area contributed by atoms with Crippen LogP contribution in [0.2, 0.25) is 0 Å². The van der Waals surface area contributed by atoms with Crippen molar-refractivity contribution in [2.45, 2.75) is 31.7 Å². The highest BCUT2D eigenvalue weighted by molar-refractivity contribution is 9.10. The molecule has 2 rings (SSSR count). The maximum Gasteiger partial charge on any atom is 0.143 e. The summed E-state index contributed by atoms with van der Waals surface area (Å²) in [6, 6.07) is 3.24. The summed E-state index contributed by atoms with van der Waals surface area (Å²) in [4.78, 5) is 0. The summed E-state index contributed by atoms with van der Waals surface area (Å²) in [5.41, 5.74) is 0.223. The maximum absolute atomic E-state index is 13.8. The molecule has 2 atom stereocenters. The first kappa shape index (κ1) is 13.0. The number of halogens is 3. The number of benzene rings is 1. The molecule has 1 aliphatic rings. The fourth-order valence-corrected chi connectivity index (χ4v) is 2.94. The summed E-state index contributed by atoms with van der Waals surface area (Å²) in [5.74, 6) is -0.498. The molecule has 2 unspecified atom stereocenters. The molecule has 0 radical (unpaired) electrons. The Bertz CT molecular complexity index is 409. The van der Waals surface area contributed by atoms with Crippen LogP contribution in [-0.2, 0) is 6.42 Å². The predicted molar refractivity (Wildman–Crippen MR) is 68.0 cm³/mol. The third-order valence-electron chi connectivity index (χ3n) is 3.58. The molecule has 0 bridgehead atoms. The van der Waals surface area contributed by atoms with Gasteiger partial charge < -0.3 is 5.32 Å². The van der Waals surface area contributed by atoms with Gasteiger partial charge >= 0.3 is 0 Å². The molecule has 1 fully saturated rings. The third-order valence-corrected chi connectivity index (χ3v) is 4.19. The number of hydrogen-bond acceptors (Lipinski definition) is 1. The first-order chi connectivity index (χ1) is 8.11. The second-order valence-corrected chi connectivity index (χ2v) is 5.54. The van der Waals surface area contributed by atoms with Gasteiger partial charge in [0.15, 0.2) is 0 Å². The van der Waals surface area contributed by atoms with Crippen molar-refractivity contribution in [2.24, 2.45) is 5.92 Å². The van der Waals surface area contributed by atoms with E-state index in [1.165, 1.54) is 12.1 Å². The third kappa shape index (κ3) is 2.86. The lowest BCUT2D eigenvalue weighted by molar-refractivity contribution is 0.474. The second kappa shape index (κ2) is 5.44. The van der Waals surface area contributed by atoms with Gasteiger partial charge in [0.1, 0.15) is 11.6 Å². The molecular formula is C13H16BrF2N. The predicted octanol–water partition coefficient (Wildman–Crippen LogP) is 3.66. The van der Waals surface area contributed by atoms with Crippen LogP contribution in [0.15, 0.2) is 16.6 Å². The number of rotatable bonds is 3. The van der Waals surface area contributed by atoms with E-state index in [9.17, 15) is 8.78 Å². The average Bonchev–Trinajstić information content (AvgIpc) is 2.77. The van der Waals surface area contributed by atoms with Crippen LogP contribution in [-0.4, -0.2) is 13.1 Å². The monoisotopic (exact) mass is 303 g/mol. The minimum absolute atomic E-state index is 0.223. The zero-order valence-electron chi connectivity index (χ0n) is 9.77. The van der Waals surface area contributed by atoms with Crippen molar-refractivity contribution >= 4 is 15.9 Å². The first-order valence-corrected chi connectivity index (χ1v) is 6.70. The Labute approximate surface area is 109 Å². The van der Waals surface area contributed by atoms with Gasteiger partial charge in [-0.15, -0.1) is 0 Å². The van der Waals surface area contributed by atoms with Crippen LogP contribution in [0.5, 0.6) is 0 Å². The molecule has 94 valence electrons. The average molecular weight is 304 g/mol. The van der Waals surface area contributed by atoms with Crippen LogP contribution in [0.4, 0.5) is 8.78 Å². The summed E-state index contributed by atoms with van der Waals surface area (Å²) in [5, 5.41) is 3.22. The second-order valence-electron chi connectivity index (χ2n) is 4.69. The van der Waals surface area contributed by atoms with E-state index in [4.69, 9.17) is 0 Å². The highest BCUT2D eigenvalue weighted by atomic mass is 79.9. The summed E-state index contributed by atoms with van der Waals surface area (Å²) < 4.78 is 27.7. The molecular weight excluding hydrogens is 288 g/mol. The summed E-state index contributed by atoms with van der Waals surface area (Å²) >= 11 is 3.10. The standard InChI is InChI=1S/C13H16BrF2N/c1-17-9-3-2-8(6-9)7-10-12(15)5-4-11(14)13(10)16/h4-5,8-9,17H,2-3,6-7H2,1H3. The molecule has 0 saturated heterocycles. The van der Waals surface area contributed by atoms with E-state index in [1.54, 1.807) is 0 Å². The molecule has 1 N–H and O–H groups in total. The van der Waals surface area contributed by atoms with Crippen molar-refractivity contribution in [2.75, 3.05) is 7.05 Å². The zero-order chi connectivity index (χ0) is 12.4. The van der Waals surface area contributed by atoms with Crippen molar-refractivity contribution in [3.05, 3.63) is 33.8 Å². The number of hydrogen-bond donors (Lipinski definition) is 1. The molecule has 0 aliphatic heterocycles. The molecule has 1 aromatic rings. The van der Waals surface area contributed by atoms with Crippen LogP contribution in [0.3, 0.4) is 0 Å². The van der Waals surface area contributed by atoms with Gasteiger partial charge in [0.25, 0.3) is 0 Å². The SMILES string of the molecule is CNC1CCC(Cc2c(F)ccc(Br)c2F)C1. The molecule has 0 aromatic heterocycles. The van der Waals surface area contributed by atoms with Gasteiger partial charge in [-0.05, 0) is 66.7 Å². The molecule has 1 aliphatic carbocycles. The van der Waals surface area contributed by atoms with Crippen molar-refractivity contribution in [3.8, 4) is 0 Å².